The Morgan fingerprint density at radius 2 is 1.88 bits per heavy atom. The van der Waals surface area contributed by atoms with E-state index in [9.17, 15) is 13.6 Å². The van der Waals surface area contributed by atoms with Gasteiger partial charge < -0.3 is 5.32 Å². The van der Waals surface area contributed by atoms with Gasteiger partial charge in [0, 0.05) is 29.5 Å². The molecule has 4 aromatic rings. The molecule has 0 aliphatic carbocycles. The number of benzene rings is 2. The fraction of sp³-hybridized carbons (Fsp3) is 0.174. The van der Waals surface area contributed by atoms with E-state index in [4.69, 9.17) is 0 Å². The molecule has 2 aromatic heterocycles. The Hall–Kier alpha value is -4.01. The van der Waals surface area contributed by atoms with Crippen LogP contribution in [0.15, 0.2) is 48.7 Å². The van der Waals surface area contributed by atoms with E-state index < -0.39 is 17.6 Å². The van der Waals surface area contributed by atoms with Crippen molar-refractivity contribution in [2.45, 2.75) is 26.2 Å². The Bertz CT molecular complexity index is 1350. The number of carbonyl (C=O) groups excluding carboxylic acids is 1. The van der Waals surface area contributed by atoms with Crippen molar-refractivity contribution in [3.63, 3.8) is 0 Å². The highest BCUT2D eigenvalue weighted by Gasteiger charge is 2.34. The Morgan fingerprint density at radius 1 is 1.09 bits per heavy atom. The topological polar surface area (TPSA) is 85.6 Å². The molecule has 1 atom stereocenters. The minimum Gasteiger partial charge on any atom is -0.310 e. The van der Waals surface area contributed by atoms with Crippen LogP contribution >= 0.6 is 0 Å². The van der Waals surface area contributed by atoms with Crippen LogP contribution in [0.5, 0.6) is 0 Å². The summed E-state index contributed by atoms with van der Waals surface area (Å²) in [5, 5.41) is 15.5. The summed E-state index contributed by atoms with van der Waals surface area (Å²) in [5.74, 6) is -1.77. The largest absolute Gasteiger partial charge is 0.310 e. The van der Waals surface area contributed by atoms with E-state index >= 15 is 0 Å². The third-order valence-corrected chi connectivity index (χ3v) is 5.52. The molecule has 7 nitrogen and oxygen atoms in total. The zero-order chi connectivity index (χ0) is 22.4. The second kappa shape index (κ2) is 7.60. The maximum Gasteiger partial charge on any atom is 0.272 e. The summed E-state index contributed by atoms with van der Waals surface area (Å²) in [7, 11) is 0. The molecule has 160 valence electrons. The summed E-state index contributed by atoms with van der Waals surface area (Å²) in [4.78, 5) is 17.1. The molecule has 0 fully saturated rings. The number of carbonyl (C=O) groups is 1. The molecular weight excluding hydrogens is 414 g/mol. The maximum absolute atomic E-state index is 14.6. The number of fused-ring (bicyclic) bond motifs is 1. The van der Waals surface area contributed by atoms with E-state index in [0.717, 1.165) is 17.2 Å². The minimum absolute atomic E-state index is 0.0185. The molecule has 9 heteroatoms. The molecule has 2 aromatic carbocycles. The van der Waals surface area contributed by atoms with E-state index in [1.165, 1.54) is 16.8 Å². The van der Waals surface area contributed by atoms with Crippen LogP contribution in [0.25, 0.3) is 17.2 Å². The zero-order valence-electron chi connectivity index (χ0n) is 17.3. The van der Waals surface area contributed by atoms with E-state index in [0.29, 0.717) is 22.8 Å². The molecule has 3 heterocycles. The highest BCUT2D eigenvalue weighted by atomic mass is 19.1. The second-order valence-corrected chi connectivity index (χ2v) is 7.74. The third-order valence-electron chi connectivity index (χ3n) is 5.52. The van der Waals surface area contributed by atoms with E-state index in [1.54, 1.807) is 13.1 Å². The van der Waals surface area contributed by atoms with Gasteiger partial charge in [-0.25, -0.2) is 13.8 Å². The number of nitrogens with zero attached hydrogens (tertiary/aromatic N) is 5. The normalized spacial score (nSPS) is 15.4. The standard InChI is InChI=1S/C23H18F2N6O/c1-12-3-5-14(6-4-12)19-11-26-29-23(27-19)31-22-21(13(2)30-31)17(10-20(32)28-22)16-8-7-15(24)9-18(16)25/h3-9,11,17H,10H2,1-2H3,(H,28,32)/t17-/m1/s1. The third kappa shape index (κ3) is 3.41. The molecule has 0 spiro atoms. The molecule has 0 saturated heterocycles. The van der Waals surface area contributed by atoms with Gasteiger partial charge in [-0.05, 0) is 25.5 Å². The summed E-state index contributed by atoms with van der Waals surface area (Å²) in [6.07, 6.45) is 1.57. The number of rotatable bonds is 3. The van der Waals surface area contributed by atoms with Crippen molar-refractivity contribution < 1.29 is 13.6 Å². The van der Waals surface area contributed by atoms with Crippen molar-refractivity contribution in [1.29, 1.82) is 0 Å². The highest BCUT2D eigenvalue weighted by molar-refractivity contribution is 5.95. The van der Waals surface area contributed by atoms with Crippen molar-refractivity contribution in [2.24, 2.45) is 0 Å². The van der Waals surface area contributed by atoms with Crippen molar-refractivity contribution >= 4 is 11.7 Å². The highest BCUT2D eigenvalue weighted by Crippen LogP contribution is 2.40. The van der Waals surface area contributed by atoms with Gasteiger partial charge in [0.05, 0.1) is 17.6 Å². The van der Waals surface area contributed by atoms with Crippen LogP contribution in [0.1, 0.15) is 34.7 Å². The molecule has 0 radical (unpaired) electrons. The first kappa shape index (κ1) is 19.9. The van der Waals surface area contributed by atoms with Gasteiger partial charge >= 0.3 is 0 Å². The number of aromatic nitrogens is 5. The lowest BCUT2D eigenvalue weighted by atomic mass is 9.85. The predicted molar refractivity (Wildman–Crippen MR) is 113 cm³/mol. The fourth-order valence-corrected chi connectivity index (χ4v) is 3.99. The van der Waals surface area contributed by atoms with E-state index in [1.807, 2.05) is 31.2 Å². The summed E-state index contributed by atoms with van der Waals surface area (Å²) in [6.45, 7) is 3.76. The van der Waals surface area contributed by atoms with Gasteiger partial charge in [0.15, 0.2) is 0 Å². The molecular formula is C23H18F2N6O. The lowest BCUT2D eigenvalue weighted by Crippen LogP contribution is -2.25. The summed E-state index contributed by atoms with van der Waals surface area (Å²) < 4.78 is 29.4. The number of aryl methyl sites for hydroxylation is 2. The van der Waals surface area contributed by atoms with Crippen molar-refractivity contribution in [2.75, 3.05) is 5.32 Å². The number of hydrogen-bond donors (Lipinski definition) is 1. The van der Waals surface area contributed by atoms with Gasteiger partial charge in [-0.1, -0.05) is 35.9 Å². The number of amides is 1. The number of halogens is 2. The van der Waals surface area contributed by atoms with Gasteiger partial charge in [0.1, 0.15) is 17.5 Å². The van der Waals surface area contributed by atoms with Gasteiger partial charge in [-0.3, -0.25) is 4.79 Å². The molecule has 5 rings (SSSR count). The van der Waals surface area contributed by atoms with Crippen LogP contribution in [0.4, 0.5) is 14.6 Å². The van der Waals surface area contributed by atoms with Crippen LogP contribution in [0, 0.1) is 25.5 Å². The van der Waals surface area contributed by atoms with Crippen LogP contribution in [-0.2, 0) is 4.79 Å². The van der Waals surface area contributed by atoms with Gasteiger partial charge in [-0.2, -0.15) is 14.9 Å². The van der Waals surface area contributed by atoms with Crippen LogP contribution < -0.4 is 5.32 Å². The van der Waals surface area contributed by atoms with E-state index in [-0.39, 0.29) is 23.8 Å². The summed E-state index contributed by atoms with van der Waals surface area (Å²) in [5.41, 5.74) is 4.03. The first-order valence-electron chi connectivity index (χ1n) is 10.0. The van der Waals surface area contributed by atoms with Gasteiger partial charge in [-0.15, -0.1) is 5.10 Å². The number of anilines is 1. The van der Waals surface area contributed by atoms with Crippen molar-refractivity contribution in [3.8, 4) is 17.2 Å². The minimum atomic E-state index is -0.706. The van der Waals surface area contributed by atoms with Crippen LogP contribution in [-0.4, -0.2) is 30.9 Å². The maximum atomic E-state index is 14.6. The smallest absolute Gasteiger partial charge is 0.272 e. The lowest BCUT2D eigenvalue weighted by Gasteiger charge is -2.24. The van der Waals surface area contributed by atoms with Gasteiger partial charge in [0.25, 0.3) is 5.95 Å². The Morgan fingerprint density at radius 3 is 2.62 bits per heavy atom. The average Bonchev–Trinajstić information content (AvgIpc) is 3.10. The quantitative estimate of drug-likeness (QED) is 0.527. The van der Waals surface area contributed by atoms with Crippen molar-refractivity contribution in [1.82, 2.24) is 25.0 Å². The van der Waals surface area contributed by atoms with Crippen LogP contribution in [0.3, 0.4) is 0 Å². The Labute approximate surface area is 182 Å². The van der Waals surface area contributed by atoms with Gasteiger partial charge in [0.2, 0.25) is 5.91 Å². The molecule has 32 heavy (non-hydrogen) atoms. The first-order chi connectivity index (χ1) is 15.4. The SMILES string of the molecule is Cc1ccc(-c2cnnc(-n3nc(C)c4c3NC(=O)C[C@@H]4c3ccc(F)cc3F)n2)cc1. The molecule has 1 aliphatic heterocycles. The zero-order valence-corrected chi connectivity index (χ0v) is 17.3. The molecule has 0 saturated carbocycles. The number of hydrogen-bond acceptors (Lipinski definition) is 5. The summed E-state index contributed by atoms with van der Waals surface area (Å²) in [6, 6.07) is 11.2. The first-order valence-corrected chi connectivity index (χ1v) is 10.0. The Balaban J connectivity index is 1.62. The average molecular weight is 432 g/mol. The Kier molecular flexibility index (Phi) is 4.73. The monoisotopic (exact) mass is 432 g/mol. The molecule has 1 N–H and O–H groups in total. The molecule has 1 amide bonds. The predicted octanol–water partition coefficient (Wildman–Crippen LogP) is 4.09. The van der Waals surface area contributed by atoms with Crippen LogP contribution in [0.2, 0.25) is 0 Å². The lowest BCUT2D eigenvalue weighted by molar-refractivity contribution is -0.116. The van der Waals surface area contributed by atoms with Crippen molar-refractivity contribution in [3.05, 3.63) is 82.7 Å². The molecule has 0 unspecified atom stereocenters. The molecule has 0 bridgehead atoms. The second-order valence-electron chi connectivity index (χ2n) is 7.74. The summed E-state index contributed by atoms with van der Waals surface area (Å²) >= 11 is 0. The van der Waals surface area contributed by atoms with E-state index in [2.05, 4.69) is 25.6 Å². The molecule has 1 aliphatic rings. The number of nitrogens with one attached hydrogen (secondary N) is 1. The fourth-order valence-electron chi connectivity index (χ4n) is 3.99.